The second-order valence-electron chi connectivity index (χ2n) is 2.74. The van der Waals surface area contributed by atoms with Crippen LogP contribution in [0.25, 0.3) is 0 Å². The predicted molar refractivity (Wildman–Crippen MR) is 33.6 cm³/mol. The second kappa shape index (κ2) is 2.49. The summed E-state index contributed by atoms with van der Waals surface area (Å²) in [5.74, 6) is 0.880. The fourth-order valence-electron chi connectivity index (χ4n) is 0.905. The van der Waals surface area contributed by atoms with Gasteiger partial charge in [-0.25, -0.2) is 0 Å². The van der Waals surface area contributed by atoms with E-state index in [4.69, 9.17) is 5.11 Å². The molecule has 8 heavy (non-hydrogen) atoms. The van der Waals surface area contributed by atoms with Crippen LogP contribution in [0.2, 0.25) is 0 Å². The van der Waals surface area contributed by atoms with Crippen molar-refractivity contribution in [3.63, 3.8) is 0 Å². The van der Waals surface area contributed by atoms with Crippen LogP contribution in [0.15, 0.2) is 0 Å². The smallest absolute Gasteiger partial charge is 0.0540 e. The molecule has 1 atom stereocenters. The summed E-state index contributed by atoms with van der Waals surface area (Å²) < 4.78 is 0. The highest BCUT2D eigenvalue weighted by Gasteiger charge is 2.23. The molecule has 1 rings (SSSR count). The zero-order valence-corrected chi connectivity index (χ0v) is 5.43. The van der Waals surface area contributed by atoms with Crippen LogP contribution in [0.5, 0.6) is 0 Å². The molecule has 0 amide bonds. The normalized spacial score (nSPS) is 23.2. The molecule has 0 aliphatic heterocycles. The van der Waals surface area contributed by atoms with Crippen LogP contribution in [-0.2, 0) is 0 Å². The first kappa shape index (κ1) is 6.09. The average Bonchev–Trinajstić information content (AvgIpc) is 2.50. The molecule has 0 bridgehead atoms. The summed E-state index contributed by atoms with van der Waals surface area (Å²) in [5, 5.41) is 9.07. The third-order valence-corrected chi connectivity index (χ3v) is 1.77. The van der Waals surface area contributed by atoms with Gasteiger partial charge in [0.1, 0.15) is 0 Å². The highest BCUT2D eigenvalue weighted by molar-refractivity contribution is 4.75. The van der Waals surface area contributed by atoms with Crippen molar-refractivity contribution >= 4 is 0 Å². The SMILES string of the molecule is CC[C@H](O)CC1CC1. The fraction of sp³-hybridized carbons (Fsp3) is 1.00. The van der Waals surface area contributed by atoms with Crippen LogP contribution in [0.4, 0.5) is 0 Å². The van der Waals surface area contributed by atoms with Crippen LogP contribution < -0.4 is 0 Å². The molecule has 0 aromatic heterocycles. The zero-order chi connectivity index (χ0) is 5.98. The van der Waals surface area contributed by atoms with Gasteiger partial charge in [0.15, 0.2) is 0 Å². The molecule has 1 fully saturated rings. The molecule has 0 saturated heterocycles. The number of hydrogen-bond acceptors (Lipinski definition) is 1. The predicted octanol–water partition coefficient (Wildman–Crippen LogP) is 1.56. The topological polar surface area (TPSA) is 20.2 Å². The molecule has 0 aromatic rings. The molecule has 0 radical (unpaired) electrons. The molecule has 1 heteroatoms. The molecule has 1 aliphatic carbocycles. The van der Waals surface area contributed by atoms with Gasteiger partial charge in [-0.05, 0) is 18.8 Å². The lowest BCUT2D eigenvalue weighted by molar-refractivity contribution is 0.153. The van der Waals surface area contributed by atoms with Crippen molar-refractivity contribution in [2.75, 3.05) is 0 Å². The molecule has 1 nitrogen and oxygen atoms in total. The Hall–Kier alpha value is -0.0400. The van der Waals surface area contributed by atoms with Gasteiger partial charge in [-0.3, -0.25) is 0 Å². The maximum absolute atomic E-state index is 9.07. The van der Waals surface area contributed by atoms with E-state index < -0.39 is 0 Å². The van der Waals surface area contributed by atoms with Crippen LogP contribution in [0, 0.1) is 5.92 Å². The summed E-state index contributed by atoms with van der Waals surface area (Å²) in [4.78, 5) is 0. The Kier molecular flexibility index (Phi) is 1.90. The minimum absolute atomic E-state index is 0.0116. The quantitative estimate of drug-likeness (QED) is 0.590. The maximum atomic E-state index is 9.07. The molecule has 0 heterocycles. The summed E-state index contributed by atoms with van der Waals surface area (Å²) >= 11 is 0. The minimum atomic E-state index is -0.0116. The van der Waals surface area contributed by atoms with Crippen LogP contribution >= 0.6 is 0 Å². The lowest BCUT2D eigenvalue weighted by atomic mass is 10.1. The molecule has 1 aliphatic rings. The van der Waals surface area contributed by atoms with Crippen molar-refractivity contribution < 1.29 is 5.11 Å². The Balaban J connectivity index is 1.98. The molecular formula is C7H14O. The lowest BCUT2D eigenvalue weighted by Crippen LogP contribution is -2.04. The Morgan fingerprint density at radius 3 is 2.62 bits per heavy atom. The number of aliphatic hydroxyl groups is 1. The van der Waals surface area contributed by atoms with E-state index in [0.29, 0.717) is 0 Å². The largest absolute Gasteiger partial charge is 0.393 e. The Morgan fingerprint density at radius 1 is 1.62 bits per heavy atom. The van der Waals surface area contributed by atoms with Gasteiger partial charge in [0, 0.05) is 0 Å². The average molecular weight is 114 g/mol. The van der Waals surface area contributed by atoms with Gasteiger partial charge >= 0.3 is 0 Å². The fourth-order valence-corrected chi connectivity index (χ4v) is 0.905. The monoisotopic (exact) mass is 114 g/mol. The van der Waals surface area contributed by atoms with Gasteiger partial charge in [0.25, 0.3) is 0 Å². The van der Waals surface area contributed by atoms with Gasteiger partial charge in [0.05, 0.1) is 6.10 Å². The van der Waals surface area contributed by atoms with E-state index in [1.54, 1.807) is 0 Å². The number of rotatable bonds is 3. The third-order valence-electron chi connectivity index (χ3n) is 1.77. The molecule has 1 N–H and O–H groups in total. The molecule has 1 saturated carbocycles. The third kappa shape index (κ3) is 1.83. The summed E-state index contributed by atoms with van der Waals surface area (Å²) in [7, 11) is 0. The minimum Gasteiger partial charge on any atom is -0.393 e. The zero-order valence-electron chi connectivity index (χ0n) is 5.43. The lowest BCUT2D eigenvalue weighted by Gasteiger charge is -2.03. The number of hydrogen-bond donors (Lipinski definition) is 1. The molecule has 0 spiro atoms. The van der Waals surface area contributed by atoms with E-state index in [1.165, 1.54) is 12.8 Å². The van der Waals surface area contributed by atoms with E-state index in [2.05, 4.69) is 0 Å². The van der Waals surface area contributed by atoms with Crippen molar-refractivity contribution in [2.45, 2.75) is 38.7 Å². The second-order valence-corrected chi connectivity index (χ2v) is 2.74. The van der Waals surface area contributed by atoms with Crippen molar-refractivity contribution in [3.05, 3.63) is 0 Å². The van der Waals surface area contributed by atoms with E-state index in [0.717, 1.165) is 18.8 Å². The maximum Gasteiger partial charge on any atom is 0.0540 e. The summed E-state index contributed by atoms with van der Waals surface area (Å²) in [6.07, 6.45) is 4.68. The van der Waals surface area contributed by atoms with Crippen molar-refractivity contribution in [1.82, 2.24) is 0 Å². The standard InChI is InChI=1S/C7H14O/c1-2-7(8)5-6-3-4-6/h6-8H,2-5H2,1H3/t7-/m0/s1. The van der Waals surface area contributed by atoms with E-state index in [1.807, 2.05) is 6.92 Å². The Morgan fingerprint density at radius 2 is 2.25 bits per heavy atom. The van der Waals surface area contributed by atoms with Crippen molar-refractivity contribution in [1.29, 1.82) is 0 Å². The molecule has 48 valence electrons. The van der Waals surface area contributed by atoms with Crippen molar-refractivity contribution in [2.24, 2.45) is 5.92 Å². The van der Waals surface area contributed by atoms with E-state index >= 15 is 0 Å². The van der Waals surface area contributed by atoms with E-state index in [-0.39, 0.29) is 6.10 Å². The van der Waals surface area contributed by atoms with Crippen LogP contribution in [0.3, 0.4) is 0 Å². The first-order chi connectivity index (χ1) is 3.83. The molecule has 0 aromatic carbocycles. The summed E-state index contributed by atoms with van der Waals surface area (Å²) in [5.41, 5.74) is 0. The van der Waals surface area contributed by atoms with Gasteiger partial charge < -0.3 is 5.11 Å². The summed E-state index contributed by atoms with van der Waals surface area (Å²) in [6, 6.07) is 0. The first-order valence-corrected chi connectivity index (χ1v) is 3.51. The van der Waals surface area contributed by atoms with Gasteiger partial charge in [0.2, 0.25) is 0 Å². The molecule has 0 unspecified atom stereocenters. The number of aliphatic hydroxyl groups excluding tert-OH is 1. The Bertz CT molecular complexity index is 66.8. The highest BCUT2D eigenvalue weighted by Crippen LogP contribution is 2.33. The highest BCUT2D eigenvalue weighted by atomic mass is 16.3. The van der Waals surface area contributed by atoms with Crippen LogP contribution in [-0.4, -0.2) is 11.2 Å². The molecular weight excluding hydrogens is 100 g/mol. The van der Waals surface area contributed by atoms with Crippen molar-refractivity contribution in [3.8, 4) is 0 Å². The first-order valence-electron chi connectivity index (χ1n) is 3.51. The van der Waals surface area contributed by atoms with Gasteiger partial charge in [-0.15, -0.1) is 0 Å². The van der Waals surface area contributed by atoms with Gasteiger partial charge in [-0.2, -0.15) is 0 Å². The summed E-state index contributed by atoms with van der Waals surface area (Å²) in [6.45, 7) is 2.03. The Labute approximate surface area is 50.7 Å². The van der Waals surface area contributed by atoms with Crippen LogP contribution in [0.1, 0.15) is 32.6 Å². The van der Waals surface area contributed by atoms with E-state index in [9.17, 15) is 0 Å². The van der Waals surface area contributed by atoms with Gasteiger partial charge in [-0.1, -0.05) is 19.8 Å².